The Balaban J connectivity index is 1.29. The Morgan fingerprint density at radius 3 is 2.50 bits per heavy atom. The molecule has 0 saturated carbocycles. The van der Waals surface area contributed by atoms with Gasteiger partial charge in [-0.05, 0) is 70.8 Å². The van der Waals surface area contributed by atoms with Crippen LogP contribution < -0.4 is 9.64 Å². The average Bonchev–Trinajstić information content (AvgIpc) is 3.54. The minimum absolute atomic E-state index is 0.0477. The monoisotopic (exact) mass is 628 g/mol. The van der Waals surface area contributed by atoms with Crippen LogP contribution in [0.4, 0.5) is 15.0 Å². The van der Waals surface area contributed by atoms with Crippen LogP contribution in [0.15, 0.2) is 48.7 Å². The molecule has 242 valence electrons. The molecular formula is C35H41FN6O4. The number of aliphatic hydroxyl groups is 1. The normalized spacial score (nSPS) is 23.4. The number of nitrogens with zero attached hydrogens (tertiary/aromatic N) is 6. The molecule has 10 nitrogen and oxygen atoms in total. The number of pyridine rings is 1. The number of carbonyl (C=O) groups excluding carboxylic acids is 1. The molecule has 46 heavy (non-hydrogen) atoms. The third-order valence-corrected chi connectivity index (χ3v) is 9.78. The molecule has 0 radical (unpaired) electrons. The molecule has 0 spiro atoms. The molecule has 1 amide bonds. The number of aromatic nitrogens is 3. The summed E-state index contributed by atoms with van der Waals surface area (Å²) in [6, 6.07) is 13.5. The largest absolute Gasteiger partial charge is 0.461 e. The number of amides is 1. The van der Waals surface area contributed by atoms with Crippen LogP contribution in [0.1, 0.15) is 46.5 Å². The maximum Gasteiger partial charge on any atom is 0.410 e. The molecule has 3 saturated heterocycles. The highest BCUT2D eigenvalue weighted by Crippen LogP contribution is 2.39. The first-order chi connectivity index (χ1) is 22.1. The van der Waals surface area contributed by atoms with Crippen LogP contribution in [0.3, 0.4) is 0 Å². The van der Waals surface area contributed by atoms with Crippen molar-refractivity contribution in [2.45, 2.75) is 69.7 Å². The number of carbonyl (C=O) groups is 1. The van der Waals surface area contributed by atoms with Crippen LogP contribution in [0.25, 0.3) is 32.9 Å². The van der Waals surface area contributed by atoms with E-state index in [2.05, 4.69) is 19.8 Å². The summed E-state index contributed by atoms with van der Waals surface area (Å²) < 4.78 is 28.7. The Kier molecular flexibility index (Phi) is 7.71. The van der Waals surface area contributed by atoms with E-state index in [4.69, 9.17) is 14.5 Å². The number of piperazine rings is 1. The molecule has 2 aromatic carbocycles. The van der Waals surface area contributed by atoms with Crippen molar-refractivity contribution >= 4 is 33.6 Å². The second kappa shape index (κ2) is 11.6. The lowest BCUT2D eigenvalue weighted by atomic mass is 9.99. The van der Waals surface area contributed by atoms with Gasteiger partial charge in [-0.2, -0.15) is 9.97 Å². The minimum Gasteiger partial charge on any atom is -0.461 e. The third kappa shape index (κ3) is 5.39. The molecule has 3 aliphatic heterocycles. The number of ether oxygens (including phenoxy) is 2. The van der Waals surface area contributed by atoms with Gasteiger partial charge in [-0.3, -0.25) is 14.8 Å². The summed E-state index contributed by atoms with van der Waals surface area (Å²) in [6.45, 7) is 7.60. The van der Waals surface area contributed by atoms with Gasteiger partial charge in [0.1, 0.15) is 29.2 Å². The van der Waals surface area contributed by atoms with E-state index in [9.17, 15) is 9.90 Å². The number of hydrogen-bond donors (Lipinski definition) is 1. The molecule has 0 aliphatic carbocycles. The molecule has 1 N–H and O–H groups in total. The SMILES string of the molecule is CN1CCCC1(CO)COc1nc(N2C[C@H]3CC[C@@H](C2)N3C(=O)OC(C)(C)C)c2cnc(-c3cccc4ccccc34)c(F)c2n1. The van der Waals surface area contributed by atoms with Gasteiger partial charge in [0.15, 0.2) is 5.82 Å². The molecule has 2 aromatic heterocycles. The number of likely N-dealkylation sites (N-methyl/N-ethyl adjacent to an activating group) is 1. The molecule has 4 aromatic rings. The van der Waals surface area contributed by atoms with E-state index in [0.717, 1.165) is 43.0 Å². The Labute approximate surface area is 268 Å². The number of anilines is 1. The van der Waals surface area contributed by atoms with Gasteiger partial charge in [0.05, 0.1) is 29.6 Å². The zero-order valence-electron chi connectivity index (χ0n) is 26.9. The lowest BCUT2D eigenvalue weighted by Crippen LogP contribution is -2.57. The first kappa shape index (κ1) is 30.6. The maximum absolute atomic E-state index is 16.7. The van der Waals surface area contributed by atoms with Gasteiger partial charge in [0.25, 0.3) is 0 Å². The van der Waals surface area contributed by atoms with Crippen molar-refractivity contribution in [3.8, 4) is 17.3 Å². The van der Waals surface area contributed by atoms with Crippen molar-refractivity contribution < 1.29 is 23.8 Å². The molecule has 7 rings (SSSR count). The molecule has 11 heteroatoms. The number of fused-ring (bicyclic) bond motifs is 4. The highest BCUT2D eigenvalue weighted by Gasteiger charge is 2.45. The van der Waals surface area contributed by atoms with E-state index in [1.807, 2.05) is 75.2 Å². The summed E-state index contributed by atoms with van der Waals surface area (Å²) in [7, 11) is 1.97. The predicted molar refractivity (Wildman–Crippen MR) is 175 cm³/mol. The molecule has 5 heterocycles. The Morgan fingerprint density at radius 1 is 1.07 bits per heavy atom. The summed E-state index contributed by atoms with van der Waals surface area (Å²) in [5.41, 5.74) is -0.139. The van der Waals surface area contributed by atoms with Crippen LogP contribution in [0, 0.1) is 5.82 Å². The predicted octanol–water partition coefficient (Wildman–Crippen LogP) is 5.41. The van der Waals surface area contributed by atoms with Crippen LogP contribution >= 0.6 is 0 Å². The van der Waals surface area contributed by atoms with Gasteiger partial charge in [-0.15, -0.1) is 0 Å². The number of aliphatic hydroxyl groups excluding tert-OH is 1. The molecule has 3 aliphatic rings. The van der Waals surface area contributed by atoms with E-state index in [0.29, 0.717) is 29.9 Å². The zero-order valence-corrected chi connectivity index (χ0v) is 26.9. The Hall–Kier alpha value is -4.09. The Bertz CT molecular complexity index is 1780. The molecule has 3 atom stereocenters. The molecule has 2 bridgehead atoms. The summed E-state index contributed by atoms with van der Waals surface area (Å²) in [4.78, 5) is 33.3. The Morgan fingerprint density at radius 2 is 1.80 bits per heavy atom. The zero-order chi connectivity index (χ0) is 32.2. The lowest BCUT2D eigenvalue weighted by molar-refractivity contribution is 0.0122. The number of benzene rings is 2. The molecule has 1 unspecified atom stereocenters. The molecular weight excluding hydrogens is 587 g/mol. The summed E-state index contributed by atoms with van der Waals surface area (Å²) in [5.74, 6) is -0.0259. The van der Waals surface area contributed by atoms with Gasteiger partial charge in [-0.25, -0.2) is 9.18 Å². The standard InChI is InChI=1S/C35H41FN6O4/c1-34(2,3)46-33(44)42-23-13-14-24(42)19-41(18-23)31-27-17-37-29(26-12-7-10-22-9-5-6-11-25(22)26)28(36)30(27)38-32(39-31)45-21-35(20-43)15-8-16-40(35)4/h5-7,9-12,17,23-24,43H,8,13-16,18-21H2,1-4H3/t23-,24+,35?. The first-order valence-electron chi connectivity index (χ1n) is 16.1. The third-order valence-electron chi connectivity index (χ3n) is 9.78. The minimum atomic E-state index is -0.590. The van der Waals surface area contributed by atoms with E-state index in [-0.39, 0.29) is 48.6 Å². The topological polar surface area (TPSA) is 104 Å². The highest BCUT2D eigenvalue weighted by molar-refractivity contribution is 5.99. The number of likely N-dealkylation sites (tertiary alicyclic amines) is 1. The smallest absolute Gasteiger partial charge is 0.410 e. The van der Waals surface area contributed by atoms with Crippen LogP contribution in [0.2, 0.25) is 0 Å². The van der Waals surface area contributed by atoms with E-state index < -0.39 is 17.0 Å². The highest BCUT2D eigenvalue weighted by atomic mass is 19.1. The van der Waals surface area contributed by atoms with Gasteiger partial charge in [0.2, 0.25) is 0 Å². The second-order valence-corrected chi connectivity index (χ2v) is 13.9. The van der Waals surface area contributed by atoms with Crippen molar-refractivity contribution in [3.63, 3.8) is 0 Å². The van der Waals surface area contributed by atoms with Gasteiger partial charge in [-0.1, -0.05) is 42.5 Å². The van der Waals surface area contributed by atoms with Crippen molar-refractivity contribution in [3.05, 3.63) is 54.5 Å². The summed E-state index contributed by atoms with van der Waals surface area (Å²) >= 11 is 0. The fourth-order valence-corrected chi connectivity index (χ4v) is 7.34. The maximum atomic E-state index is 16.7. The van der Waals surface area contributed by atoms with Gasteiger partial charge >= 0.3 is 12.1 Å². The van der Waals surface area contributed by atoms with E-state index >= 15 is 4.39 Å². The quantitative estimate of drug-likeness (QED) is 0.300. The molecule has 3 fully saturated rings. The van der Waals surface area contributed by atoms with Crippen molar-refractivity contribution in [2.24, 2.45) is 0 Å². The fourth-order valence-electron chi connectivity index (χ4n) is 7.34. The first-order valence-corrected chi connectivity index (χ1v) is 16.1. The number of hydrogen-bond acceptors (Lipinski definition) is 9. The van der Waals surface area contributed by atoms with Crippen molar-refractivity contribution in [2.75, 3.05) is 44.8 Å². The fraction of sp³-hybridized carbons (Fsp3) is 0.486. The summed E-state index contributed by atoms with van der Waals surface area (Å²) in [6.07, 6.45) is 4.75. The van der Waals surface area contributed by atoms with Gasteiger partial charge < -0.3 is 19.5 Å². The summed E-state index contributed by atoms with van der Waals surface area (Å²) in [5, 5.41) is 12.7. The van der Waals surface area contributed by atoms with Crippen LogP contribution in [-0.4, -0.2) is 99.1 Å². The van der Waals surface area contributed by atoms with E-state index in [1.54, 1.807) is 6.20 Å². The number of rotatable bonds is 6. The van der Waals surface area contributed by atoms with Gasteiger partial charge in [0, 0.05) is 24.8 Å². The second-order valence-electron chi connectivity index (χ2n) is 13.9. The van der Waals surface area contributed by atoms with Crippen LogP contribution in [0.5, 0.6) is 6.01 Å². The lowest BCUT2D eigenvalue weighted by Gasteiger charge is -2.42. The number of halogens is 1. The average molecular weight is 629 g/mol. The van der Waals surface area contributed by atoms with Crippen molar-refractivity contribution in [1.29, 1.82) is 0 Å². The van der Waals surface area contributed by atoms with Crippen molar-refractivity contribution in [1.82, 2.24) is 24.8 Å². The van der Waals surface area contributed by atoms with Crippen LogP contribution in [-0.2, 0) is 4.74 Å². The van der Waals surface area contributed by atoms with E-state index in [1.165, 1.54) is 0 Å².